The van der Waals surface area contributed by atoms with Gasteiger partial charge in [0.15, 0.2) is 0 Å². The Balaban J connectivity index is 2.26. The molecule has 5 nitrogen and oxygen atoms in total. The number of carbonyl (C=O) groups is 1. The van der Waals surface area contributed by atoms with Gasteiger partial charge in [0.1, 0.15) is 9.84 Å². The normalized spacial score (nSPS) is 19.3. The topological polar surface area (TPSA) is 89.3 Å². The standard InChI is InChI=1S/C9H18N2O3S/c1-15(13,14)6-5-8(10)9(12)11-7-3-2-4-7/h7-8H,2-6,10H2,1H3,(H,11,12). The third-order valence-electron chi connectivity index (χ3n) is 2.59. The highest BCUT2D eigenvalue weighted by Gasteiger charge is 2.23. The minimum absolute atomic E-state index is 0.0355. The van der Waals surface area contributed by atoms with E-state index in [0.29, 0.717) is 0 Å². The Labute approximate surface area is 90.3 Å². The van der Waals surface area contributed by atoms with Crippen molar-refractivity contribution in [2.24, 2.45) is 5.73 Å². The summed E-state index contributed by atoms with van der Waals surface area (Å²) in [6, 6.07) is -0.456. The van der Waals surface area contributed by atoms with Crippen molar-refractivity contribution in [3.8, 4) is 0 Å². The first-order chi connectivity index (χ1) is 6.88. The molecule has 0 spiro atoms. The third kappa shape index (κ3) is 4.61. The second-order valence-corrected chi connectivity index (χ2v) is 6.42. The molecule has 0 aromatic rings. The quantitative estimate of drug-likeness (QED) is 0.666. The molecule has 1 rings (SSSR count). The lowest BCUT2D eigenvalue weighted by atomic mass is 9.93. The first kappa shape index (κ1) is 12.4. The van der Waals surface area contributed by atoms with E-state index in [1.165, 1.54) is 0 Å². The fourth-order valence-electron chi connectivity index (χ4n) is 1.33. The van der Waals surface area contributed by atoms with Crippen LogP contribution in [0, 0.1) is 0 Å². The molecule has 1 saturated carbocycles. The summed E-state index contributed by atoms with van der Waals surface area (Å²) >= 11 is 0. The van der Waals surface area contributed by atoms with Gasteiger partial charge in [-0.05, 0) is 25.7 Å². The zero-order chi connectivity index (χ0) is 11.5. The molecule has 6 heteroatoms. The van der Waals surface area contributed by atoms with Crippen molar-refractivity contribution in [3.63, 3.8) is 0 Å². The predicted octanol–water partition coefficient (Wildman–Crippen LogP) is -0.583. The zero-order valence-electron chi connectivity index (χ0n) is 8.90. The van der Waals surface area contributed by atoms with Gasteiger partial charge in [0.25, 0.3) is 0 Å². The average molecular weight is 234 g/mol. The van der Waals surface area contributed by atoms with E-state index < -0.39 is 15.9 Å². The Morgan fingerprint density at radius 3 is 2.53 bits per heavy atom. The van der Waals surface area contributed by atoms with Gasteiger partial charge in [-0.2, -0.15) is 0 Å². The fraction of sp³-hybridized carbons (Fsp3) is 0.889. The molecule has 1 aliphatic rings. The summed E-state index contributed by atoms with van der Waals surface area (Å²) in [4.78, 5) is 11.4. The molecule has 0 aliphatic heterocycles. The number of rotatable bonds is 5. The molecular weight excluding hydrogens is 216 g/mol. The van der Waals surface area contributed by atoms with Crippen molar-refractivity contribution in [2.75, 3.05) is 12.0 Å². The molecule has 15 heavy (non-hydrogen) atoms. The highest BCUT2D eigenvalue weighted by atomic mass is 32.2. The van der Waals surface area contributed by atoms with Crippen LogP contribution < -0.4 is 11.1 Å². The van der Waals surface area contributed by atoms with E-state index in [1.54, 1.807) is 0 Å². The first-order valence-electron chi connectivity index (χ1n) is 5.12. The number of sulfone groups is 1. The van der Waals surface area contributed by atoms with E-state index in [4.69, 9.17) is 5.73 Å². The van der Waals surface area contributed by atoms with Gasteiger partial charge in [-0.1, -0.05) is 0 Å². The Hall–Kier alpha value is -0.620. The highest BCUT2D eigenvalue weighted by molar-refractivity contribution is 7.90. The van der Waals surface area contributed by atoms with Gasteiger partial charge in [-0.15, -0.1) is 0 Å². The molecule has 0 aromatic carbocycles. The largest absolute Gasteiger partial charge is 0.352 e. The number of nitrogens with two attached hydrogens (primary N) is 1. The van der Waals surface area contributed by atoms with E-state index in [2.05, 4.69) is 5.32 Å². The maximum Gasteiger partial charge on any atom is 0.237 e. The van der Waals surface area contributed by atoms with Crippen LogP contribution in [0.15, 0.2) is 0 Å². The van der Waals surface area contributed by atoms with E-state index in [-0.39, 0.29) is 24.1 Å². The zero-order valence-corrected chi connectivity index (χ0v) is 9.72. The van der Waals surface area contributed by atoms with Gasteiger partial charge in [-0.3, -0.25) is 4.79 Å². The van der Waals surface area contributed by atoms with Gasteiger partial charge >= 0.3 is 0 Å². The molecule has 0 aromatic heterocycles. The first-order valence-corrected chi connectivity index (χ1v) is 7.18. The molecule has 1 amide bonds. The molecule has 0 saturated heterocycles. The van der Waals surface area contributed by atoms with Crippen molar-refractivity contribution in [3.05, 3.63) is 0 Å². The predicted molar refractivity (Wildman–Crippen MR) is 58.1 cm³/mol. The SMILES string of the molecule is CS(=O)(=O)CCC(N)C(=O)NC1CCC1. The van der Waals surface area contributed by atoms with Gasteiger partial charge < -0.3 is 11.1 Å². The number of hydrogen-bond acceptors (Lipinski definition) is 4. The maximum absolute atomic E-state index is 11.4. The number of nitrogens with one attached hydrogen (secondary N) is 1. The number of carbonyl (C=O) groups excluding carboxylic acids is 1. The molecule has 0 radical (unpaired) electrons. The summed E-state index contributed by atoms with van der Waals surface area (Å²) in [6.07, 6.45) is 4.49. The fourth-order valence-corrected chi connectivity index (χ4v) is 2.02. The second kappa shape index (κ2) is 4.94. The highest BCUT2D eigenvalue weighted by Crippen LogP contribution is 2.17. The molecule has 1 atom stereocenters. The minimum atomic E-state index is -3.03. The molecule has 1 aliphatic carbocycles. The van der Waals surface area contributed by atoms with Crippen LogP contribution in [-0.2, 0) is 14.6 Å². The Bertz CT molecular complexity index is 322. The molecule has 1 unspecified atom stereocenters. The van der Waals surface area contributed by atoms with Crippen molar-refractivity contribution >= 4 is 15.7 Å². The summed E-state index contributed by atoms with van der Waals surface area (Å²) in [5, 5.41) is 2.79. The Kier molecular flexibility index (Phi) is 4.10. The van der Waals surface area contributed by atoms with E-state index in [0.717, 1.165) is 25.5 Å². The van der Waals surface area contributed by atoms with E-state index in [9.17, 15) is 13.2 Å². The molecule has 88 valence electrons. The minimum Gasteiger partial charge on any atom is -0.352 e. The average Bonchev–Trinajstić information content (AvgIpc) is 2.05. The van der Waals surface area contributed by atoms with Gasteiger partial charge in [0, 0.05) is 12.3 Å². The van der Waals surface area contributed by atoms with Gasteiger partial charge in [0.2, 0.25) is 5.91 Å². The van der Waals surface area contributed by atoms with Crippen LogP contribution in [0.5, 0.6) is 0 Å². The smallest absolute Gasteiger partial charge is 0.237 e. The Morgan fingerprint density at radius 2 is 2.13 bits per heavy atom. The molecule has 3 N–H and O–H groups in total. The molecular formula is C9H18N2O3S. The monoisotopic (exact) mass is 234 g/mol. The van der Waals surface area contributed by atoms with Crippen molar-refractivity contribution in [2.45, 2.75) is 37.8 Å². The second-order valence-electron chi connectivity index (χ2n) is 4.16. The van der Waals surface area contributed by atoms with Crippen LogP contribution >= 0.6 is 0 Å². The van der Waals surface area contributed by atoms with E-state index in [1.807, 2.05) is 0 Å². The molecule has 0 bridgehead atoms. The maximum atomic E-state index is 11.4. The third-order valence-corrected chi connectivity index (χ3v) is 3.57. The summed E-state index contributed by atoms with van der Waals surface area (Å²) in [5.41, 5.74) is 5.58. The summed E-state index contributed by atoms with van der Waals surface area (Å²) in [5.74, 6) is -0.268. The lowest BCUT2D eigenvalue weighted by molar-refractivity contribution is -0.123. The van der Waals surface area contributed by atoms with Crippen molar-refractivity contribution < 1.29 is 13.2 Å². The van der Waals surface area contributed by atoms with Crippen LogP contribution in [-0.4, -0.2) is 38.4 Å². The number of hydrogen-bond donors (Lipinski definition) is 2. The molecule has 1 fully saturated rings. The summed E-state index contributed by atoms with van der Waals surface area (Å²) in [6.45, 7) is 0. The van der Waals surface area contributed by atoms with E-state index >= 15 is 0 Å². The lowest BCUT2D eigenvalue weighted by Crippen LogP contribution is -2.48. The molecule has 0 heterocycles. The van der Waals surface area contributed by atoms with Crippen LogP contribution in [0.25, 0.3) is 0 Å². The number of amides is 1. The van der Waals surface area contributed by atoms with Crippen molar-refractivity contribution in [1.29, 1.82) is 0 Å². The summed E-state index contributed by atoms with van der Waals surface area (Å²) in [7, 11) is -3.03. The van der Waals surface area contributed by atoms with Gasteiger partial charge in [-0.25, -0.2) is 8.42 Å². The van der Waals surface area contributed by atoms with Gasteiger partial charge in [0.05, 0.1) is 11.8 Å². The van der Waals surface area contributed by atoms with Crippen LogP contribution in [0.3, 0.4) is 0 Å². The van der Waals surface area contributed by atoms with Crippen LogP contribution in [0.2, 0.25) is 0 Å². The summed E-state index contributed by atoms with van der Waals surface area (Å²) < 4.78 is 21.7. The lowest BCUT2D eigenvalue weighted by Gasteiger charge is -2.27. The Morgan fingerprint density at radius 1 is 1.53 bits per heavy atom. The van der Waals surface area contributed by atoms with Crippen LogP contribution in [0.1, 0.15) is 25.7 Å². The van der Waals surface area contributed by atoms with Crippen LogP contribution in [0.4, 0.5) is 0 Å². The van der Waals surface area contributed by atoms with Crippen molar-refractivity contribution in [1.82, 2.24) is 5.32 Å².